The van der Waals surface area contributed by atoms with Crippen LogP contribution in [-0.4, -0.2) is 35.0 Å². The number of carbonyl (C=O) groups excluding carboxylic acids is 1. The Balaban J connectivity index is 1.43. The van der Waals surface area contributed by atoms with Gasteiger partial charge in [-0.15, -0.1) is 0 Å². The quantitative estimate of drug-likeness (QED) is 0.888. The Morgan fingerprint density at radius 3 is 2.24 bits per heavy atom. The van der Waals surface area contributed by atoms with Gasteiger partial charge in [0.15, 0.2) is 0 Å². The van der Waals surface area contributed by atoms with Gasteiger partial charge in [-0.05, 0) is 50.7 Å². The molecule has 136 valence electrons. The number of nitrogens with one attached hydrogen (secondary N) is 1. The highest BCUT2D eigenvalue weighted by molar-refractivity contribution is 5.94. The molecule has 3 fully saturated rings. The van der Waals surface area contributed by atoms with E-state index in [1.807, 2.05) is 0 Å². The van der Waals surface area contributed by atoms with Crippen LogP contribution in [0.2, 0.25) is 0 Å². The summed E-state index contributed by atoms with van der Waals surface area (Å²) in [6.07, 6.45) is 12.7. The van der Waals surface area contributed by atoms with Crippen LogP contribution in [-0.2, 0) is 0 Å². The predicted molar refractivity (Wildman–Crippen MR) is 97.0 cm³/mol. The lowest BCUT2D eigenvalue weighted by Gasteiger charge is -2.53. The van der Waals surface area contributed by atoms with Gasteiger partial charge in [-0.3, -0.25) is 9.69 Å². The molecular weight excluding hydrogens is 315 g/mol. The highest BCUT2D eigenvalue weighted by Gasteiger charge is 2.42. The predicted octanol–water partition coefficient (Wildman–Crippen LogP) is 4.27. The van der Waals surface area contributed by atoms with Crippen LogP contribution in [0.5, 0.6) is 0 Å². The molecule has 3 aliphatic rings. The van der Waals surface area contributed by atoms with Gasteiger partial charge in [0.2, 0.25) is 0 Å². The first-order chi connectivity index (χ1) is 12.2. The lowest BCUT2D eigenvalue weighted by molar-refractivity contribution is -0.0212. The summed E-state index contributed by atoms with van der Waals surface area (Å²) in [5.41, 5.74) is 0.169. The summed E-state index contributed by atoms with van der Waals surface area (Å²) < 4.78 is 13.9. The monoisotopic (exact) mass is 344 g/mol. The number of rotatable bonds is 3. The van der Waals surface area contributed by atoms with Gasteiger partial charge in [0, 0.05) is 24.2 Å². The number of fused-ring (bicyclic) bond motifs is 2. The largest absolute Gasteiger partial charge is 0.349 e. The van der Waals surface area contributed by atoms with E-state index in [1.54, 1.807) is 18.2 Å². The van der Waals surface area contributed by atoms with Gasteiger partial charge in [-0.25, -0.2) is 4.39 Å². The van der Waals surface area contributed by atoms with E-state index in [1.165, 1.54) is 57.4 Å². The third-order valence-electron chi connectivity index (χ3n) is 6.48. The number of amides is 1. The molecule has 0 aromatic heterocycles. The Morgan fingerprint density at radius 2 is 1.56 bits per heavy atom. The highest BCUT2D eigenvalue weighted by atomic mass is 19.1. The van der Waals surface area contributed by atoms with Crippen molar-refractivity contribution in [1.29, 1.82) is 0 Å². The topological polar surface area (TPSA) is 32.3 Å². The van der Waals surface area contributed by atoms with Crippen LogP contribution in [0.3, 0.4) is 0 Å². The molecule has 4 heteroatoms. The summed E-state index contributed by atoms with van der Waals surface area (Å²) in [6.45, 7) is 0. The maximum atomic E-state index is 13.9. The van der Waals surface area contributed by atoms with E-state index in [9.17, 15) is 9.18 Å². The van der Waals surface area contributed by atoms with Crippen molar-refractivity contribution in [2.24, 2.45) is 0 Å². The SMILES string of the molecule is O=C(NC1C[C@H]2CCC[C@H](C1)N2C1CCCCC1)c1ccccc1F. The number of piperidine rings is 2. The number of halogens is 1. The van der Waals surface area contributed by atoms with Gasteiger partial charge in [-0.1, -0.05) is 37.8 Å². The second-order valence-corrected chi connectivity index (χ2v) is 8.10. The van der Waals surface area contributed by atoms with Crippen molar-refractivity contribution in [2.45, 2.75) is 88.4 Å². The summed E-state index contributed by atoms with van der Waals surface area (Å²) in [5.74, 6) is -0.688. The number of benzene rings is 1. The van der Waals surface area contributed by atoms with E-state index in [0.29, 0.717) is 12.1 Å². The van der Waals surface area contributed by atoms with Gasteiger partial charge in [0.1, 0.15) is 5.82 Å². The summed E-state index contributed by atoms with van der Waals surface area (Å²) >= 11 is 0. The molecule has 1 amide bonds. The minimum Gasteiger partial charge on any atom is -0.349 e. The summed E-state index contributed by atoms with van der Waals surface area (Å²) in [4.78, 5) is 15.3. The zero-order chi connectivity index (χ0) is 17.2. The van der Waals surface area contributed by atoms with Crippen molar-refractivity contribution in [2.75, 3.05) is 0 Å². The number of hydrogen-bond donors (Lipinski definition) is 1. The fourth-order valence-electron chi connectivity index (χ4n) is 5.42. The van der Waals surface area contributed by atoms with Crippen molar-refractivity contribution in [3.05, 3.63) is 35.6 Å². The third kappa shape index (κ3) is 3.59. The first-order valence-electron chi connectivity index (χ1n) is 10.0. The Labute approximate surface area is 150 Å². The Morgan fingerprint density at radius 1 is 0.920 bits per heavy atom. The van der Waals surface area contributed by atoms with Crippen molar-refractivity contribution in [3.8, 4) is 0 Å². The molecule has 2 bridgehead atoms. The van der Waals surface area contributed by atoms with Crippen LogP contribution in [0, 0.1) is 5.82 Å². The molecule has 2 atom stereocenters. The molecule has 0 radical (unpaired) electrons. The van der Waals surface area contributed by atoms with Crippen molar-refractivity contribution in [3.63, 3.8) is 0 Å². The Bertz CT molecular complexity index is 600. The van der Waals surface area contributed by atoms with Crippen molar-refractivity contribution in [1.82, 2.24) is 10.2 Å². The number of hydrogen-bond acceptors (Lipinski definition) is 2. The van der Waals surface area contributed by atoms with Crippen molar-refractivity contribution < 1.29 is 9.18 Å². The van der Waals surface area contributed by atoms with E-state index in [-0.39, 0.29) is 17.5 Å². The van der Waals surface area contributed by atoms with Crippen molar-refractivity contribution >= 4 is 5.91 Å². The fourth-order valence-corrected chi connectivity index (χ4v) is 5.42. The van der Waals surface area contributed by atoms with Gasteiger partial charge in [0.25, 0.3) is 5.91 Å². The average molecular weight is 344 g/mol. The highest BCUT2D eigenvalue weighted by Crippen LogP contribution is 2.39. The molecule has 3 nitrogen and oxygen atoms in total. The van der Waals surface area contributed by atoms with E-state index in [0.717, 1.165) is 18.9 Å². The van der Waals surface area contributed by atoms with Gasteiger partial charge < -0.3 is 5.32 Å². The molecule has 2 saturated heterocycles. The maximum absolute atomic E-state index is 13.9. The molecule has 25 heavy (non-hydrogen) atoms. The second-order valence-electron chi connectivity index (χ2n) is 8.10. The van der Waals surface area contributed by atoms with Crippen LogP contribution in [0.15, 0.2) is 24.3 Å². The Hall–Kier alpha value is -1.42. The van der Waals surface area contributed by atoms with Gasteiger partial charge >= 0.3 is 0 Å². The van der Waals surface area contributed by atoms with Gasteiger partial charge in [-0.2, -0.15) is 0 Å². The van der Waals surface area contributed by atoms with Crippen LogP contribution >= 0.6 is 0 Å². The molecule has 2 heterocycles. The standard InChI is InChI=1S/C21H29FN2O/c22-20-12-5-4-11-19(20)21(25)23-15-13-17-9-6-10-18(14-15)24(17)16-7-2-1-3-8-16/h4-5,11-12,15-18H,1-3,6-10,13-14H2,(H,23,25)/t17-,18-/m1/s1. The normalized spacial score (nSPS) is 30.8. The molecular formula is C21H29FN2O. The van der Waals surface area contributed by atoms with E-state index in [2.05, 4.69) is 10.2 Å². The fraction of sp³-hybridized carbons (Fsp3) is 0.667. The first-order valence-corrected chi connectivity index (χ1v) is 10.0. The molecule has 1 aromatic rings. The average Bonchev–Trinajstić information content (AvgIpc) is 2.62. The molecule has 0 spiro atoms. The van der Waals surface area contributed by atoms with Crippen LogP contribution in [0.1, 0.15) is 74.6 Å². The minimum atomic E-state index is -0.431. The van der Waals surface area contributed by atoms with E-state index < -0.39 is 5.82 Å². The molecule has 1 saturated carbocycles. The zero-order valence-corrected chi connectivity index (χ0v) is 14.9. The van der Waals surface area contributed by atoms with E-state index in [4.69, 9.17) is 0 Å². The summed E-state index contributed by atoms with van der Waals surface area (Å²) in [5, 5.41) is 3.12. The molecule has 1 aliphatic carbocycles. The number of nitrogens with zero attached hydrogens (tertiary/aromatic N) is 1. The van der Waals surface area contributed by atoms with Crippen LogP contribution in [0.4, 0.5) is 4.39 Å². The van der Waals surface area contributed by atoms with E-state index >= 15 is 0 Å². The minimum absolute atomic E-state index is 0.169. The third-order valence-corrected chi connectivity index (χ3v) is 6.48. The summed E-state index contributed by atoms with van der Waals surface area (Å²) in [6, 6.07) is 8.41. The molecule has 4 rings (SSSR count). The molecule has 0 unspecified atom stereocenters. The Kier molecular flexibility index (Phi) is 5.07. The van der Waals surface area contributed by atoms with Crippen LogP contribution < -0.4 is 5.32 Å². The molecule has 1 aromatic carbocycles. The molecule has 2 aliphatic heterocycles. The van der Waals surface area contributed by atoms with Crippen LogP contribution in [0.25, 0.3) is 0 Å². The van der Waals surface area contributed by atoms with Gasteiger partial charge in [0.05, 0.1) is 5.56 Å². The zero-order valence-electron chi connectivity index (χ0n) is 14.9. The maximum Gasteiger partial charge on any atom is 0.254 e. The second kappa shape index (κ2) is 7.45. The smallest absolute Gasteiger partial charge is 0.254 e. The lowest BCUT2D eigenvalue weighted by Crippen LogP contribution is -2.60. The number of carbonyl (C=O) groups is 1. The first kappa shape index (κ1) is 17.0. The lowest BCUT2D eigenvalue weighted by atomic mass is 9.78. The molecule has 1 N–H and O–H groups in total. The summed E-state index contributed by atoms with van der Waals surface area (Å²) in [7, 11) is 0.